The maximum Gasteiger partial charge on any atom is 0.431 e. The topological polar surface area (TPSA) is 93.8 Å². The molecule has 0 heterocycles. The molecule has 0 atom stereocenters. The number of alkyl halides is 3. The number of para-hydroxylation sites is 2. The zero-order valence-electron chi connectivity index (χ0n) is 11.4. The molecule has 10 heteroatoms. The fourth-order valence-corrected chi connectivity index (χ4v) is 1.41. The van der Waals surface area contributed by atoms with Crippen molar-refractivity contribution in [1.82, 2.24) is 0 Å². The van der Waals surface area contributed by atoms with Gasteiger partial charge in [0.05, 0.1) is 18.0 Å². The summed E-state index contributed by atoms with van der Waals surface area (Å²) in [5, 5.41) is 13.8. The number of benzene rings is 1. The van der Waals surface area contributed by atoms with Crippen molar-refractivity contribution in [3.63, 3.8) is 0 Å². The highest BCUT2D eigenvalue weighted by Crippen LogP contribution is 2.25. The van der Waals surface area contributed by atoms with Crippen molar-refractivity contribution >= 4 is 23.1 Å². The molecule has 0 aliphatic rings. The Kier molecular flexibility index (Phi) is 5.84. The third-order valence-corrected chi connectivity index (χ3v) is 2.36. The highest BCUT2D eigenvalue weighted by Gasteiger charge is 2.37. The van der Waals surface area contributed by atoms with Gasteiger partial charge >= 0.3 is 12.1 Å². The number of carbonyl (C=O) groups is 1. The standard InChI is InChI=1S/C12H12F3N3O4/c1-2-22-11(19)7-10(12(13,14)15)17-16-8-5-3-4-6-9(8)18(20)21/h3-6,16H,2,7H2,1H3/b17-10-. The summed E-state index contributed by atoms with van der Waals surface area (Å²) in [6.45, 7) is 1.38. The highest BCUT2D eigenvalue weighted by atomic mass is 19.4. The first kappa shape index (κ1) is 17.4. The Balaban J connectivity index is 2.99. The number of nitrogens with zero attached hydrogens (tertiary/aromatic N) is 2. The first-order valence-corrected chi connectivity index (χ1v) is 6.04. The number of esters is 1. The molecule has 1 N–H and O–H groups in total. The molecule has 0 spiro atoms. The van der Waals surface area contributed by atoms with E-state index in [9.17, 15) is 28.1 Å². The van der Waals surface area contributed by atoms with Crippen molar-refractivity contribution in [3.8, 4) is 0 Å². The Bertz CT molecular complexity index is 587. The second-order valence-corrected chi connectivity index (χ2v) is 3.92. The van der Waals surface area contributed by atoms with Crippen molar-refractivity contribution in [1.29, 1.82) is 0 Å². The molecule has 0 bridgehead atoms. The second-order valence-electron chi connectivity index (χ2n) is 3.92. The van der Waals surface area contributed by atoms with Gasteiger partial charge in [-0.25, -0.2) is 0 Å². The number of nitro groups is 1. The maximum absolute atomic E-state index is 12.8. The average molecular weight is 319 g/mol. The van der Waals surface area contributed by atoms with Crippen LogP contribution in [0.4, 0.5) is 24.5 Å². The van der Waals surface area contributed by atoms with Gasteiger partial charge in [-0.15, -0.1) is 0 Å². The lowest BCUT2D eigenvalue weighted by Gasteiger charge is -2.10. The third kappa shape index (κ3) is 5.04. The summed E-state index contributed by atoms with van der Waals surface area (Å²) < 4.78 is 42.7. The molecule has 0 saturated heterocycles. The normalized spacial score (nSPS) is 11.9. The number of hydrogen-bond acceptors (Lipinski definition) is 6. The molecule has 0 saturated carbocycles. The van der Waals surface area contributed by atoms with Gasteiger partial charge in [0.1, 0.15) is 5.69 Å². The van der Waals surface area contributed by atoms with Gasteiger partial charge < -0.3 is 4.74 Å². The number of rotatable bonds is 6. The van der Waals surface area contributed by atoms with E-state index in [2.05, 4.69) is 9.84 Å². The van der Waals surface area contributed by atoms with Crippen LogP contribution < -0.4 is 5.43 Å². The van der Waals surface area contributed by atoms with Crippen molar-refractivity contribution in [2.24, 2.45) is 5.10 Å². The Morgan fingerprint density at radius 2 is 2.05 bits per heavy atom. The van der Waals surface area contributed by atoms with E-state index in [1.54, 1.807) is 0 Å². The minimum Gasteiger partial charge on any atom is -0.466 e. The Morgan fingerprint density at radius 1 is 1.41 bits per heavy atom. The molecule has 0 amide bonds. The number of halogens is 3. The zero-order valence-corrected chi connectivity index (χ0v) is 11.4. The largest absolute Gasteiger partial charge is 0.466 e. The van der Waals surface area contributed by atoms with Gasteiger partial charge in [0.25, 0.3) is 5.69 Å². The molecule has 0 unspecified atom stereocenters. The molecule has 1 rings (SSSR count). The van der Waals surface area contributed by atoms with Gasteiger partial charge in [-0.05, 0) is 13.0 Å². The third-order valence-electron chi connectivity index (χ3n) is 2.36. The van der Waals surface area contributed by atoms with Crippen molar-refractivity contribution in [2.75, 3.05) is 12.0 Å². The summed E-state index contributed by atoms with van der Waals surface area (Å²) in [4.78, 5) is 21.1. The summed E-state index contributed by atoms with van der Waals surface area (Å²) in [6, 6.07) is 5.05. The Morgan fingerprint density at radius 3 is 2.59 bits per heavy atom. The first-order chi connectivity index (χ1) is 10.3. The number of hydrogen-bond donors (Lipinski definition) is 1. The quantitative estimate of drug-likeness (QED) is 0.376. The molecule has 120 valence electrons. The van der Waals surface area contributed by atoms with Crippen LogP contribution in [-0.2, 0) is 9.53 Å². The van der Waals surface area contributed by atoms with E-state index in [4.69, 9.17) is 0 Å². The number of ether oxygens (including phenoxy) is 1. The summed E-state index contributed by atoms with van der Waals surface area (Å²) in [7, 11) is 0. The molecule has 0 aliphatic carbocycles. The summed E-state index contributed by atoms with van der Waals surface area (Å²) >= 11 is 0. The predicted octanol–water partition coefficient (Wildman–Crippen LogP) is 2.88. The molecule has 22 heavy (non-hydrogen) atoms. The molecule has 0 fully saturated rings. The van der Waals surface area contributed by atoms with E-state index in [1.807, 2.05) is 5.43 Å². The van der Waals surface area contributed by atoms with Crippen LogP contribution in [0.2, 0.25) is 0 Å². The lowest BCUT2D eigenvalue weighted by Crippen LogP contribution is -2.27. The molecule has 1 aromatic rings. The Labute approximate surface area is 122 Å². The van der Waals surface area contributed by atoms with E-state index in [-0.39, 0.29) is 12.3 Å². The molecule has 7 nitrogen and oxygen atoms in total. The lowest BCUT2D eigenvalue weighted by molar-refractivity contribution is -0.384. The predicted molar refractivity (Wildman–Crippen MR) is 71.5 cm³/mol. The molecule has 0 aliphatic heterocycles. The van der Waals surface area contributed by atoms with Gasteiger partial charge in [-0.3, -0.25) is 20.3 Å². The zero-order chi connectivity index (χ0) is 16.8. The molecule has 1 aromatic carbocycles. The van der Waals surface area contributed by atoms with Crippen LogP contribution in [0.25, 0.3) is 0 Å². The number of nitrogens with one attached hydrogen (secondary N) is 1. The maximum atomic E-state index is 12.8. The van der Waals surface area contributed by atoms with Crippen LogP contribution in [0, 0.1) is 10.1 Å². The highest BCUT2D eigenvalue weighted by molar-refractivity contribution is 6.02. The van der Waals surface area contributed by atoms with Crippen LogP contribution in [0.5, 0.6) is 0 Å². The van der Waals surface area contributed by atoms with E-state index >= 15 is 0 Å². The monoisotopic (exact) mass is 319 g/mol. The van der Waals surface area contributed by atoms with Crippen molar-refractivity contribution < 1.29 is 27.6 Å². The van der Waals surface area contributed by atoms with Crippen molar-refractivity contribution in [3.05, 3.63) is 34.4 Å². The smallest absolute Gasteiger partial charge is 0.431 e. The summed E-state index contributed by atoms with van der Waals surface area (Å²) in [6.07, 6.45) is -5.96. The first-order valence-electron chi connectivity index (χ1n) is 6.04. The summed E-state index contributed by atoms with van der Waals surface area (Å²) in [5.41, 5.74) is -0.138. The van der Waals surface area contributed by atoms with Crippen LogP contribution in [-0.4, -0.2) is 29.4 Å². The number of carbonyl (C=O) groups excluding carboxylic acids is 1. The minimum atomic E-state index is -4.87. The average Bonchev–Trinajstić information content (AvgIpc) is 2.42. The molecular formula is C12H12F3N3O4. The van der Waals surface area contributed by atoms with E-state index in [0.29, 0.717) is 0 Å². The Hall–Kier alpha value is -2.65. The fourth-order valence-electron chi connectivity index (χ4n) is 1.41. The lowest BCUT2D eigenvalue weighted by atomic mass is 10.2. The molecule has 0 radical (unpaired) electrons. The number of anilines is 1. The SMILES string of the molecule is CCOC(=O)C/C(=N/Nc1ccccc1[N+](=O)[O-])C(F)(F)F. The fraction of sp³-hybridized carbons (Fsp3) is 0.333. The van der Waals surface area contributed by atoms with Crippen LogP contribution >= 0.6 is 0 Å². The summed E-state index contributed by atoms with van der Waals surface area (Å²) in [5.74, 6) is -1.09. The molecular weight excluding hydrogens is 307 g/mol. The second kappa shape index (κ2) is 7.38. The van der Waals surface area contributed by atoms with Crippen LogP contribution in [0.15, 0.2) is 29.4 Å². The van der Waals surface area contributed by atoms with E-state index in [0.717, 1.165) is 6.07 Å². The van der Waals surface area contributed by atoms with Crippen LogP contribution in [0.3, 0.4) is 0 Å². The van der Waals surface area contributed by atoms with Crippen molar-refractivity contribution in [2.45, 2.75) is 19.5 Å². The van der Waals surface area contributed by atoms with Gasteiger partial charge in [-0.2, -0.15) is 18.3 Å². The van der Waals surface area contributed by atoms with Gasteiger partial charge in [-0.1, -0.05) is 12.1 Å². The van der Waals surface area contributed by atoms with Gasteiger partial charge in [0.15, 0.2) is 5.71 Å². The van der Waals surface area contributed by atoms with Gasteiger partial charge in [0, 0.05) is 6.07 Å². The molecule has 0 aromatic heterocycles. The number of nitro benzene ring substituents is 1. The van der Waals surface area contributed by atoms with Crippen LogP contribution in [0.1, 0.15) is 13.3 Å². The van der Waals surface area contributed by atoms with E-state index in [1.165, 1.54) is 25.1 Å². The minimum absolute atomic E-state index is 0.0679. The number of hydrazone groups is 1. The van der Waals surface area contributed by atoms with E-state index < -0.39 is 34.9 Å². The van der Waals surface area contributed by atoms with Gasteiger partial charge in [0.2, 0.25) is 0 Å².